The average Bonchev–Trinajstić information content (AvgIpc) is 3.05. The lowest BCUT2D eigenvalue weighted by Crippen LogP contribution is -2.58. The fraction of sp³-hybridized carbons (Fsp3) is 0.444. The smallest absolute Gasteiger partial charge is 0.261 e. The Labute approximate surface area is 279 Å². The molecule has 47 heavy (non-hydrogen) atoms. The van der Waals surface area contributed by atoms with Gasteiger partial charge in [-0.2, -0.15) is 0 Å². The summed E-state index contributed by atoms with van der Waals surface area (Å²) in [6.07, 6.45) is 7.76. The van der Waals surface area contributed by atoms with Crippen LogP contribution >= 0.6 is 11.6 Å². The first-order valence-corrected chi connectivity index (χ1v) is 16.9. The van der Waals surface area contributed by atoms with E-state index in [1.807, 2.05) is 54.3 Å². The van der Waals surface area contributed by atoms with Gasteiger partial charge < -0.3 is 15.5 Å². The second-order valence-electron chi connectivity index (χ2n) is 14.0. The molecule has 244 valence electrons. The first-order valence-electron chi connectivity index (χ1n) is 16.5. The van der Waals surface area contributed by atoms with Crippen molar-refractivity contribution >= 4 is 40.1 Å². The fourth-order valence-electron chi connectivity index (χ4n) is 7.88. The average molecular weight is 653 g/mol. The maximum absolute atomic E-state index is 14.0. The van der Waals surface area contributed by atoms with Gasteiger partial charge in [0.1, 0.15) is 5.69 Å². The molecular formula is C36H41ClN8O2. The van der Waals surface area contributed by atoms with Crippen molar-refractivity contribution in [3.05, 3.63) is 82.0 Å². The summed E-state index contributed by atoms with van der Waals surface area (Å²) in [6, 6.07) is 13.4. The Bertz CT molecular complexity index is 1890. The molecular weight excluding hydrogens is 612 g/mol. The van der Waals surface area contributed by atoms with E-state index in [-0.39, 0.29) is 30.1 Å². The SMILES string of the molecule is C[C@@H]1[C@@H](N=C(Nc2ccc3c(=O)n(CCc4ccc(Cl)cc4)c(-c4cnccn4)nc3c2)N2CC(=O)N[C@@H](C)C2)C[C@H]2C[C@@H]1C2(C)C. The summed E-state index contributed by atoms with van der Waals surface area (Å²) in [4.78, 5) is 47.7. The van der Waals surface area contributed by atoms with Gasteiger partial charge in [0.15, 0.2) is 11.8 Å². The van der Waals surface area contributed by atoms with Crippen LogP contribution in [-0.2, 0) is 17.8 Å². The monoisotopic (exact) mass is 652 g/mol. The Hall–Kier alpha value is -4.31. The summed E-state index contributed by atoms with van der Waals surface area (Å²) in [5, 5.41) is 7.75. The number of rotatable bonds is 6. The zero-order valence-electron chi connectivity index (χ0n) is 27.3. The number of hydrogen-bond donors (Lipinski definition) is 2. The highest BCUT2D eigenvalue weighted by Crippen LogP contribution is 2.61. The predicted octanol–water partition coefficient (Wildman–Crippen LogP) is 5.41. The Morgan fingerprint density at radius 2 is 1.91 bits per heavy atom. The minimum Gasteiger partial charge on any atom is -0.350 e. The number of aryl methyl sites for hydroxylation is 1. The minimum absolute atomic E-state index is 0.00137. The number of nitrogens with one attached hydrogen (secondary N) is 2. The van der Waals surface area contributed by atoms with Crippen molar-refractivity contribution in [3.63, 3.8) is 0 Å². The second-order valence-corrected chi connectivity index (χ2v) is 14.5. The second kappa shape index (κ2) is 12.4. The molecule has 10 nitrogen and oxygen atoms in total. The number of nitrogens with zero attached hydrogens (tertiary/aromatic N) is 6. The molecule has 3 heterocycles. The summed E-state index contributed by atoms with van der Waals surface area (Å²) >= 11 is 6.09. The Balaban J connectivity index is 1.24. The molecule has 1 saturated heterocycles. The highest BCUT2D eigenvalue weighted by Gasteiger charge is 2.56. The van der Waals surface area contributed by atoms with Crippen molar-refractivity contribution < 1.29 is 4.79 Å². The number of benzene rings is 2. The van der Waals surface area contributed by atoms with E-state index in [0.29, 0.717) is 76.1 Å². The number of fused-ring (bicyclic) bond motifs is 3. The van der Waals surface area contributed by atoms with E-state index in [9.17, 15) is 9.59 Å². The summed E-state index contributed by atoms with van der Waals surface area (Å²) < 4.78 is 1.67. The van der Waals surface area contributed by atoms with Crippen LogP contribution in [0, 0.1) is 23.2 Å². The van der Waals surface area contributed by atoms with Gasteiger partial charge in [-0.15, -0.1) is 0 Å². The van der Waals surface area contributed by atoms with Crippen LogP contribution in [0.4, 0.5) is 5.69 Å². The topological polar surface area (TPSA) is 117 Å². The molecule has 2 bridgehead atoms. The van der Waals surface area contributed by atoms with E-state index >= 15 is 0 Å². The van der Waals surface area contributed by atoms with E-state index in [1.165, 1.54) is 6.42 Å². The molecule has 8 rings (SSSR count). The van der Waals surface area contributed by atoms with Crippen LogP contribution in [0.15, 0.2) is 70.8 Å². The first-order chi connectivity index (χ1) is 22.6. The first kappa shape index (κ1) is 31.3. The summed E-state index contributed by atoms with van der Waals surface area (Å²) in [5.74, 6) is 2.87. The number of guanidine groups is 1. The van der Waals surface area contributed by atoms with Crippen LogP contribution in [0.2, 0.25) is 5.02 Å². The van der Waals surface area contributed by atoms with Crippen LogP contribution in [0.5, 0.6) is 0 Å². The number of carbonyl (C=O) groups excluding carboxylic acids is 1. The van der Waals surface area contributed by atoms with Crippen molar-refractivity contribution in [2.45, 2.75) is 65.6 Å². The van der Waals surface area contributed by atoms with Crippen LogP contribution in [0.1, 0.15) is 46.1 Å². The van der Waals surface area contributed by atoms with E-state index < -0.39 is 0 Å². The molecule has 3 aliphatic carbocycles. The van der Waals surface area contributed by atoms with Gasteiger partial charge in [-0.05, 0) is 85.3 Å². The maximum Gasteiger partial charge on any atom is 0.261 e. The third-order valence-electron chi connectivity index (χ3n) is 10.7. The van der Waals surface area contributed by atoms with Gasteiger partial charge >= 0.3 is 0 Å². The molecule has 0 spiro atoms. The van der Waals surface area contributed by atoms with Crippen LogP contribution in [-0.4, -0.2) is 61.5 Å². The standard InChI is InChI=1S/C36H41ClN8O2/c1-21-19-44(20-32(46)40-21)35(43-29-16-24-15-28(22(29)2)36(24,3)4)41-26-9-10-27-30(17-26)42-33(31-18-38-12-13-39-31)45(34(27)47)14-11-23-5-7-25(37)8-6-23/h5-10,12-13,17-18,21-22,24,28-29H,11,14-16,19-20H2,1-4H3,(H,40,46)(H,41,43)/t21-,22-,24+,28-,29-/m0/s1. The zero-order chi connectivity index (χ0) is 32.9. The van der Waals surface area contributed by atoms with E-state index in [4.69, 9.17) is 21.6 Å². The van der Waals surface area contributed by atoms with Crippen molar-refractivity contribution in [1.29, 1.82) is 0 Å². The zero-order valence-corrected chi connectivity index (χ0v) is 28.0. The van der Waals surface area contributed by atoms with E-state index in [2.05, 4.69) is 41.4 Å². The molecule has 3 saturated carbocycles. The lowest BCUT2D eigenvalue weighted by Gasteiger charge is -2.61. The number of hydrogen-bond acceptors (Lipinski definition) is 6. The lowest BCUT2D eigenvalue weighted by atomic mass is 9.45. The molecule has 5 atom stereocenters. The predicted molar refractivity (Wildman–Crippen MR) is 185 cm³/mol. The van der Waals surface area contributed by atoms with Crippen molar-refractivity contribution in [3.8, 4) is 11.5 Å². The van der Waals surface area contributed by atoms with Crippen molar-refractivity contribution in [2.24, 2.45) is 28.2 Å². The molecule has 4 aromatic rings. The summed E-state index contributed by atoms with van der Waals surface area (Å²) in [5.41, 5.74) is 3.08. The molecule has 2 N–H and O–H groups in total. The lowest BCUT2D eigenvalue weighted by molar-refractivity contribution is -0.124. The Kier molecular flexibility index (Phi) is 8.24. The molecule has 11 heteroatoms. The van der Waals surface area contributed by atoms with Crippen LogP contribution in [0.25, 0.3) is 22.4 Å². The Morgan fingerprint density at radius 1 is 1.11 bits per heavy atom. The molecule has 2 aromatic heterocycles. The van der Waals surface area contributed by atoms with Gasteiger partial charge in [-0.3, -0.25) is 19.1 Å². The van der Waals surface area contributed by atoms with Gasteiger partial charge in [0.2, 0.25) is 5.91 Å². The molecule has 2 aromatic carbocycles. The molecule has 4 fully saturated rings. The maximum atomic E-state index is 14.0. The normalized spacial score (nSPS) is 25.3. The van der Waals surface area contributed by atoms with Gasteiger partial charge in [-0.25, -0.2) is 15.0 Å². The quantitative estimate of drug-likeness (QED) is 0.211. The number of anilines is 1. The van der Waals surface area contributed by atoms with E-state index in [0.717, 1.165) is 17.7 Å². The third kappa shape index (κ3) is 6.11. The molecule has 4 aliphatic rings. The van der Waals surface area contributed by atoms with Crippen molar-refractivity contribution in [2.75, 3.05) is 18.4 Å². The fourth-order valence-corrected chi connectivity index (χ4v) is 8.00. The third-order valence-corrected chi connectivity index (χ3v) is 10.9. The van der Waals surface area contributed by atoms with Gasteiger partial charge in [0, 0.05) is 42.2 Å². The summed E-state index contributed by atoms with van der Waals surface area (Å²) in [7, 11) is 0. The van der Waals surface area contributed by atoms with Crippen LogP contribution in [0.3, 0.4) is 0 Å². The number of aliphatic imine (C=N–C) groups is 1. The largest absolute Gasteiger partial charge is 0.350 e. The number of halogens is 1. The molecule has 1 amide bonds. The molecule has 0 unspecified atom stereocenters. The minimum atomic E-state index is -0.149. The van der Waals surface area contributed by atoms with Crippen molar-refractivity contribution in [1.82, 2.24) is 29.7 Å². The molecule has 1 aliphatic heterocycles. The van der Waals surface area contributed by atoms with Gasteiger partial charge in [0.05, 0.1) is 29.7 Å². The highest BCUT2D eigenvalue weighted by molar-refractivity contribution is 6.30. The molecule has 0 radical (unpaired) electrons. The van der Waals surface area contributed by atoms with Gasteiger partial charge in [-0.1, -0.05) is 44.5 Å². The number of carbonyl (C=O) groups is 1. The van der Waals surface area contributed by atoms with Crippen LogP contribution < -0.4 is 16.2 Å². The summed E-state index contributed by atoms with van der Waals surface area (Å²) in [6.45, 7) is 10.4. The Morgan fingerprint density at radius 3 is 2.62 bits per heavy atom. The number of piperazine rings is 1. The highest BCUT2D eigenvalue weighted by atomic mass is 35.5. The number of aromatic nitrogens is 4. The van der Waals surface area contributed by atoms with E-state index in [1.54, 1.807) is 23.2 Å². The number of amides is 1. The van der Waals surface area contributed by atoms with Gasteiger partial charge in [0.25, 0.3) is 5.56 Å².